The predicted octanol–water partition coefficient (Wildman–Crippen LogP) is 5.57. The molecule has 1 fully saturated rings. The molecular weight excluding hydrogens is 630 g/mol. The Hall–Kier alpha value is -4.01. The summed E-state index contributed by atoms with van der Waals surface area (Å²) in [6, 6.07) is 8.97. The van der Waals surface area contributed by atoms with Crippen molar-refractivity contribution in [3.8, 4) is 11.6 Å². The topological polar surface area (TPSA) is 147 Å². The van der Waals surface area contributed by atoms with Crippen LogP contribution in [0.5, 0.6) is 11.6 Å². The Morgan fingerprint density at radius 1 is 1.13 bits per heavy atom. The van der Waals surface area contributed by atoms with Gasteiger partial charge < -0.3 is 20.7 Å². The number of primary amides is 1. The third-order valence-electron chi connectivity index (χ3n) is 7.23. The summed E-state index contributed by atoms with van der Waals surface area (Å²) in [5.41, 5.74) is 5.64. The van der Waals surface area contributed by atoms with Gasteiger partial charge in [0.05, 0.1) is 28.2 Å². The normalized spacial score (nSPS) is 14.2. The van der Waals surface area contributed by atoms with Gasteiger partial charge >= 0.3 is 6.03 Å². The number of sulfonamides is 1. The maximum absolute atomic E-state index is 14.4. The standard InChI is InChI=1S/C30H35ClF2N6O5S/c1-3-4-11-39(30(41)36-26-15-22(29(34)40)24(32)16-25(26)33)21-9-12-38(13-10-21)18-19-5-8-28(35-17-19)44-27-7-6-20(14-23(27)31)37-45(2,42)43/h5-8,14-17,21,37H,3-4,9-13,18H2,1-2H3,(H2,34,40)(H,36,41). The fraction of sp³-hybridized carbons (Fsp3) is 0.367. The minimum absolute atomic E-state index is 0.0930. The summed E-state index contributed by atoms with van der Waals surface area (Å²) in [4.78, 5) is 33.0. The molecule has 3 amide bonds. The number of nitrogens with zero attached hydrogens (tertiary/aromatic N) is 3. The van der Waals surface area contributed by atoms with Gasteiger partial charge in [-0.25, -0.2) is 27.0 Å². The first-order chi connectivity index (χ1) is 21.3. The molecule has 0 atom stereocenters. The van der Waals surface area contributed by atoms with E-state index in [2.05, 4.69) is 19.9 Å². The predicted molar refractivity (Wildman–Crippen MR) is 168 cm³/mol. The molecule has 0 saturated carbocycles. The van der Waals surface area contributed by atoms with Crippen LogP contribution in [0.1, 0.15) is 48.5 Å². The number of nitrogens with two attached hydrogens (primary N) is 1. The number of benzene rings is 2. The van der Waals surface area contributed by atoms with Gasteiger partial charge in [-0.3, -0.25) is 14.4 Å². The molecule has 4 N–H and O–H groups in total. The molecule has 0 bridgehead atoms. The third kappa shape index (κ3) is 9.49. The lowest BCUT2D eigenvalue weighted by atomic mass is 10.0. The molecule has 15 heteroatoms. The second-order valence-electron chi connectivity index (χ2n) is 10.8. The minimum Gasteiger partial charge on any atom is -0.437 e. The summed E-state index contributed by atoms with van der Waals surface area (Å²) >= 11 is 6.25. The highest BCUT2D eigenvalue weighted by Crippen LogP contribution is 2.31. The van der Waals surface area contributed by atoms with Gasteiger partial charge in [0.1, 0.15) is 17.4 Å². The third-order valence-corrected chi connectivity index (χ3v) is 8.13. The molecule has 1 saturated heterocycles. The number of halogens is 3. The van der Waals surface area contributed by atoms with Gasteiger partial charge in [0, 0.05) is 50.6 Å². The van der Waals surface area contributed by atoms with Gasteiger partial charge in [-0.15, -0.1) is 0 Å². The van der Waals surface area contributed by atoms with Crippen LogP contribution in [0.25, 0.3) is 0 Å². The van der Waals surface area contributed by atoms with E-state index in [-0.39, 0.29) is 16.8 Å². The molecule has 242 valence electrons. The van der Waals surface area contributed by atoms with Crippen LogP contribution in [-0.4, -0.2) is 67.1 Å². The molecular formula is C30H35ClF2N6O5S. The highest BCUT2D eigenvalue weighted by molar-refractivity contribution is 7.92. The summed E-state index contributed by atoms with van der Waals surface area (Å²) in [7, 11) is -3.44. The lowest BCUT2D eigenvalue weighted by Gasteiger charge is -2.38. The first-order valence-corrected chi connectivity index (χ1v) is 16.6. The Labute approximate surface area is 265 Å². The smallest absolute Gasteiger partial charge is 0.322 e. The van der Waals surface area contributed by atoms with Crippen molar-refractivity contribution < 1.29 is 31.5 Å². The van der Waals surface area contributed by atoms with Crippen molar-refractivity contribution in [3.63, 3.8) is 0 Å². The van der Waals surface area contributed by atoms with E-state index in [1.807, 2.05) is 13.0 Å². The van der Waals surface area contributed by atoms with Gasteiger partial charge in [-0.05, 0) is 49.1 Å². The zero-order valence-corrected chi connectivity index (χ0v) is 26.4. The first kappa shape index (κ1) is 33.9. The summed E-state index contributed by atoms with van der Waals surface area (Å²) in [6.45, 7) is 4.51. The van der Waals surface area contributed by atoms with E-state index in [0.29, 0.717) is 62.4 Å². The van der Waals surface area contributed by atoms with E-state index in [0.717, 1.165) is 30.7 Å². The molecule has 3 aromatic rings. The summed E-state index contributed by atoms with van der Waals surface area (Å²) in [6.07, 6.45) is 5.72. The molecule has 4 rings (SSSR count). The van der Waals surface area contributed by atoms with E-state index < -0.39 is 39.2 Å². The van der Waals surface area contributed by atoms with Crippen molar-refractivity contribution in [1.82, 2.24) is 14.8 Å². The zero-order valence-electron chi connectivity index (χ0n) is 24.9. The maximum Gasteiger partial charge on any atom is 0.322 e. The Kier molecular flexibility index (Phi) is 11.2. The number of pyridine rings is 1. The zero-order chi connectivity index (χ0) is 32.7. The molecule has 0 radical (unpaired) electrons. The molecule has 1 aliphatic rings. The van der Waals surface area contributed by atoms with Crippen LogP contribution in [0.15, 0.2) is 48.7 Å². The number of aromatic nitrogens is 1. The van der Waals surface area contributed by atoms with Gasteiger partial charge in [0.2, 0.25) is 15.9 Å². The second kappa shape index (κ2) is 14.8. The molecule has 45 heavy (non-hydrogen) atoms. The van der Waals surface area contributed by atoms with Gasteiger partial charge in [0.15, 0.2) is 0 Å². The van der Waals surface area contributed by atoms with E-state index in [4.69, 9.17) is 22.1 Å². The number of unbranched alkanes of at least 4 members (excludes halogenated alkanes) is 1. The van der Waals surface area contributed by atoms with Crippen molar-refractivity contribution in [2.24, 2.45) is 5.73 Å². The fourth-order valence-electron chi connectivity index (χ4n) is 4.98. The SMILES string of the molecule is CCCCN(C(=O)Nc1cc(C(N)=O)c(F)cc1F)C1CCN(Cc2ccc(Oc3ccc(NS(C)(=O)=O)cc3Cl)nc2)CC1. The Bertz CT molecular complexity index is 1640. The maximum atomic E-state index is 14.4. The number of ether oxygens (including phenoxy) is 1. The quantitative estimate of drug-likeness (QED) is 0.229. The van der Waals surface area contributed by atoms with Crippen molar-refractivity contribution >= 4 is 44.9 Å². The largest absolute Gasteiger partial charge is 0.437 e. The Morgan fingerprint density at radius 3 is 2.47 bits per heavy atom. The lowest BCUT2D eigenvalue weighted by molar-refractivity contribution is 0.0996. The van der Waals surface area contributed by atoms with Crippen LogP contribution >= 0.6 is 11.6 Å². The van der Waals surface area contributed by atoms with E-state index in [9.17, 15) is 26.8 Å². The van der Waals surface area contributed by atoms with Gasteiger partial charge in [-0.1, -0.05) is 31.0 Å². The summed E-state index contributed by atoms with van der Waals surface area (Å²) in [5.74, 6) is -2.50. The average Bonchev–Trinajstić information content (AvgIpc) is 2.97. The van der Waals surface area contributed by atoms with Crippen molar-refractivity contribution in [2.45, 2.75) is 45.2 Å². The molecule has 11 nitrogen and oxygen atoms in total. The van der Waals surface area contributed by atoms with Crippen molar-refractivity contribution in [2.75, 3.05) is 35.9 Å². The van der Waals surface area contributed by atoms with Gasteiger partial charge in [-0.2, -0.15) is 0 Å². The molecule has 0 unspecified atom stereocenters. The van der Waals surface area contributed by atoms with Crippen molar-refractivity contribution in [3.05, 3.63) is 76.4 Å². The number of carbonyl (C=O) groups excluding carboxylic acids is 2. The van der Waals surface area contributed by atoms with E-state index in [1.54, 1.807) is 23.2 Å². The molecule has 1 aromatic heterocycles. The number of carbonyl (C=O) groups is 2. The van der Waals surface area contributed by atoms with Crippen LogP contribution in [0.2, 0.25) is 5.02 Å². The number of hydrogen-bond donors (Lipinski definition) is 3. The van der Waals surface area contributed by atoms with Crippen LogP contribution in [0, 0.1) is 11.6 Å². The molecule has 0 spiro atoms. The van der Waals surface area contributed by atoms with E-state index in [1.165, 1.54) is 12.1 Å². The second-order valence-corrected chi connectivity index (χ2v) is 12.9. The molecule has 2 heterocycles. The fourth-order valence-corrected chi connectivity index (χ4v) is 5.76. The highest BCUT2D eigenvalue weighted by Gasteiger charge is 2.29. The number of amides is 3. The summed E-state index contributed by atoms with van der Waals surface area (Å²) < 4.78 is 59.3. The number of piperidine rings is 1. The Balaban J connectivity index is 1.33. The highest BCUT2D eigenvalue weighted by atomic mass is 35.5. The average molecular weight is 665 g/mol. The van der Waals surface area contributed by atoms with Crippen LogP contribution < -0.4 is 20.5 Å². The molecule has 0 aliphatic carbocycles. The summed E-state index contributed by atoms with van der Waals surface area (Å²) in [5, 5.41) is 2.72. The van der Waals surface area contributed by atoms with Crippen LogP contribution in [0.4, 0.5) is 25.0 Å². The van der Waals surface area contributed by atoms with Crippen molar-refractivity contribution in [1.29, 1.82) is 0 Å². The number of likely N-dealkylation sites (tertiary alicyclic amines) is 1. The first-order valence-electron chi connectivity index (χ1n) is 14.3. The monoisotopic (exact) mass is 664 g/mol. The number of urea groups is 1. The van der Waals surface area contributed by atoms with Crippen LogP contribution in [0.3, 0.4) is 0 Å². The number of anilines is 2. The Morgan fingerprint density at radius 2 is 1.87 bits per heavy atom. The number of hydrogen-bond acceptors (Lipinski definition) is 7. The number of nitrogens with one attached hydrogen (secondary N) is 2. The van der Waals surface area contributed by atoms with Crippen LogP contribution in [-0.2, 0) is 16.6 Å². The molecule has 2 aromatic carbocycles. The molecule has 1 aliphatic heterocycles. The van der Waals surface area contributed by atoms with Gasteiger partial charge in [0.25, 0.3) is 5.91 Å². The number of rotatable bonds is 12. The minimum atomic E-state index is -3.44. The lowest BCUT2D eigenvalue weighted by Crippen LogP contribution is -2.49. The van der Waals surface area contributed by atoms with E-state index >= 15 is 0 Å².